The quantitative estimate of drug-likeness (QED) is 0.521. The summed E-state index contributed by atoms with van der Waals surface area (Å²) in [5.74, 6) is 1.49. The van der Waals surface area contributed by atoms with E-state index in [0.29, 0.717) is 12.0 Å². The molecule has 1 fully saturated rings. The first kappa shape index (κ1) is 21.2. The topological polar surface area (TPSA) is 42.9 Å². The van der Waals surface area contributed by atoms with Gasteiger partial charge in [0.15, 0.2) is 5.96 Å². The minimum atomic E-state index is 0.524. The summed E-state index contributed by atoms with van der Waals surface area (Å²) in [4.78, 5) is 9.23. The summed E-state index contributed by atoms with van der Waals surface area (Å²) >= 11 is 3.56. The van der Waals surface area contributed by atoms with Crippen molar-refractivity contribution >= 4 is 21.9 Å². The van der Waals surface area contributed by atoms with Crippen LogP contribution in [0.4, 0.5) is 0 Å². The van der Waals surface area contributed by atoms with E-state index >= 15 is 0 Å². The highest BCUT2D eigenvalue weighted by atomic mass is 79.9. The van der Waals surface area contributed by atoms with E-state index in [-0.39, 0.29) is 0 Å². The van der Waals surface area contributed by atoms with Crippen LogP contribution in [0.1, 0.15) is 18.9 Å². The summed E-state index contributed by atoms with van der Waals surface area (Å²) in [6.07, 6.45) is 2.22. The van der Waals surface area contributed by atoms with E-state index in [2.05, 4.69) is 86.6 Å². The fraction of sp³-hybridized carbons (Fsp3) is 0.650. The molecule has 2 N–H and O–H groups in total. The van der Waals surface area contributed by atoms with Crippen molar-refractivity contribution in [3.63, 3.8) is 0 Å². The number of nitrogens with zero attached hydrogens (tertiary/aromatic N) is 3. The van der Waals surface area contributed by atoms with Crippen molar-refractivity contribution in [2.45, 2.75) is 25.8 Å². The van der Waals surface area contributed by atoms with Gasteiger partial charge in [-0.05, 0) is 44.1 Å². The monoisotopic (exact) mass is 423 g/mol. The molecule has 1 aromatic rings. The van der Waals surface area contributed by atoms with E-state index in [1.54, 1.807) is 0 Å². The Morgan fingerprint density at radius 2 is 2.12 bits per heavy atom. The average molecular weight is 424 g/mol. The molecule has 1 aliphatic rings. The lowest BCUT2D eigenvalue weighted by Crippen LogP contribution is -2.55. The van der Waals surface area contributed by atoms with E-state index in [1.165, 1.54) is 5.56 Å². The Bertz CT molecular complexity index is 577. The van der Waals surface area contributed by atoms with Gasteiger partial charge in [-0.3, -0.25) is 9.89 Å². The van der Waals surface area contributed by atoms with E-state index in [1.807, 2.05) is 7.05 Å². The van der Waals surface area contributed by atoms with Crippen LogP contribution >= 0.6 is 15.9 Å². The third-order valence-electron chi connectivity index (χ3n) is 5.26. The number of benzene rings is 1. The third kappa shape index (κ3) is 6.89. The lowest BCUT2D eigenvalue weighted by molar-refractivity contribution is 0.116. The number of piperazine rings is 1. The maximum absolute atomic E-state index is 4.40. The second-order valence-electron chi connectivity index (χ2n) is 7.34. The van der Waals surface area contributed by atoms with E-state index in [9.17, 15) is 0 Å². The highest BCUT2D eigenvalue weighted by Gasteiger charge is 2.22. The Labute approximate surface area is 167 Å². The zero-order valence-electron chi connectivity index (χ0n) is 16.6. The van der Waals surface area contributed by atoms with Gasteiger partial charge in [-0.25, -0.2) is 0 Å². The number of guanidine groups is 1. The zero-order chi connectivity index (χ0) is 18.9. The van der Waals surface area contributed by atoms with Crippen molar-refractivity contribution in [3.05, 3.63) is 34.3 Å². The Kier molecular flexibility index (Phi) is 8.88. The molecule has 0 bridgehead atoms. The Balaban J connectivity index is 1.79. The largest absolute Gasteiger partial charge is 0.356 e. The van der Waals surface area contributed by atoms with Crippen molar-refractivity contribution in [1.82, 2.24) is 20.4 Å². The first-order chi connectivity index (χ1) is 12.5. The molecule has 1 aromatic carbocycles. The predicted molar refractivity (Wildman–Crippen MR) is 115 cm³/mol. The van der Waals surface area contributed by atoms with E-state index < -0.39 is 0 Å². The smallest absolute Gasteiger partial charge is 0.191 e. The van der Waals surface area contributed by atoms with Crippen LogP contribution in [-0.4, -0.2) is 75.7 Å². The fourth-order valence-corrected chi connectivity index (χ4v) is 3.80. The van der Waals surface area contributed by atoms with E-state index in [0.717, 1.165) is 56.0 Å². The Morgan fingerprint density at radius 1 is 1.31 bits per heavy atom. The summed E-state index contributed by atoms with van der Waals surface area (Å²) in [6, 6.07) is 9.13. The average Bonchev–Trinajstić information content (AvgIpc) is 2.63. The summed E-state index contributed by atoms with van der Waals surface area (Å²) in [5.41, 5.74) is 1.38. The van der Waals surface area contributed by atoms with Crippen molar-refractivity contribution in [1.29, 1.82) is 0 Å². The van der Waals surface area contributed by atoms with Crippen LogP contribution in [0, 0.1) is 5.92 Å². The number of hydrogen-bond donors (Lipinski definition) is 2. The maximum Gasteiger partial charge on any atom is 0.191 e. The van der Waals surface area contributed by atoms with Gasteiger partial charge in [0.05, 0.1) is 0 Å². The molecule has 2 atom stereocenters. The van der Waals surface area contributed by atoms with E-state index in [4.69, 9.17) is 0 Å². The van der Waals surface area contributed by atoms with Gasteiger partial charge in [-0.2, -0.15) is 0 Å². The van der Waals surface area contributed by atoms with Crippen molar-refractivity contribution in [2.75, 3.05) is 53.9 Å². The Hall–Kier alpha value is -1.11. The van der Waals surface area contributed by atoms with Crippen molar-refractivity contribution < 1.29 is 0 Å². The molecule has 0 saturated carbocycles. The van der Waals surface area contributed by atoms with Gasteiger partial charge in [0.25, 0.3) is 0 Å². The molecule has 2 rings (SSSR count). The van der Waals surface area contributed by atoms with Gasteiger partial charge in [0.1, 0.15) is 0 Å². The molecular weight excluding hydrogens is 390 g/mol. The molecule has 0 amide bonds. The van der Waals surface area contributed by atoms with Crippen LogP contribution in [0.25, 0.3) is 0 Å². The lowest BCUT2D eigenvalue weighted by Gasteiger charge is -2.38. The minimum Gasteiger partial charge on any atom is -0.356 e. The summed E-state index contributed by atoms with van der Waals surface area (Å²) in [7, 11) is 6.25. The molecule has 26 heavy (non-hydrogen) atoms. The van der Waals surface area contributed by atoms with Crippen LogP contribution in [0.3, 0.4) is 0 Å². The number of nitrogens with one attached hydrogen (secondary N) is 2. The summed E-state index contributed by atoms with van der Waals surface area (Å²) < 4.78 is 1.15. The molecule has 6 heteroatoms. The Morgan fingerprint density at radius 3 is 2.81 bits per heavy atom. The van der Waals surface area contributed by atoms with Gasteiger partial charge in [-0.15, -0.1) is 0 Å². The molecule has 0 aromatic heterocycles. The molecule has 2 unspecified atom stereocenters. The molecule has 1 heterocycles. The number of rotatable bonds is 7. The molecule has 1 aliphatic heterocycles. The van der Waals surface area contributed by atoms with Gasteiger partial charge in [0.2, 0.25) is 0 Å². The second-order valence-corrected chi connectivity index (χ2v) is 8.25. The molecule has 146 valence electrons. The fourth-order valence-electron chi connectivity index (χ4n) is 3.36. The predicted octanol–water partition coefficient (Wildman–Crippen LogP) is 2.43. The summed E-state index contributed by atoms with van der Waals surface area (Å²) in [6.45, 7) is 7.48. The van der Waals surface area contributed by atoms with Crippen LogP contribution in [-0.2, 0) is 6.42 Å². The van der Waals surface area contributed by atoms with Gasteiger partial charge in [0, 0.05) is 50.3 Å². The van der Waals surface area contributed by atoms with Gasteiger partial charge in [-0.1, -0.05) is 41.4 Å². The van der Waals surface area contributed by atoms with Crippen LogP contribution in [0.5, 0.6) is 0 Å². The van der Waals surface area contributed by atoms with Crippen molar-refractivity contribution in [2.24, 2.45) is 10.9 Å². The van der Waals surface area contributed by atoms with Crippen LogP contribution in [0.15, 0.2) is 33.7 Å². The second kappa shape index (κ2) is 10.9. The number of halogens is 1. The molecule has 0 radical (unpaired) electrons. The molecule has 0 aliphatic carbocycles. The molecule has 5 nitrogen and oxygen atoms in total. The minimum absolute atomic E-state index is 0.524. The number of aliphatic imine (C=N–C) groups is 1. The van der Waals surface area contributed by atoms with Crippen molar-refractivity contribution in [3.8, 4) is 0 Å². The van der Waals surface area contributed by atoms with Gasteiger partial charge >= 0.3 is 0 Å². The SMILES string of the molecule is CCC(CNC(=NC)NCC1CN(C)CCN1C)Cc1cccc(Br)c1. The summed E-state index contributed by atoms with van der Waals surface area (Å²) in [5, 5.41) is 7.02. The molecular formula is C20H34BrN5. The van der Waals surface area contributed by atoms with Crippen LogP contribution < -0.4 is 10.6 Å². The normalized spacial score (nSPS) is 20.8. The number of hydrogen-bond acceptors (Lipinski definition) is 3. The number of likely N-dealkylation sites (N-methyl/N-ethyl adjacent to an activating group) is 2. The standard InChI is InChI=1S/C20H34BrN5/c1-5-16(11-17-7-6-8-18(21)12-17)13-23-20(22-2)24-14-19-15-25(3)9-10-26(19)4/h6-8,12,16,19H,5,9-11,13-15H2,1-4H3,(H2,22,23,24). The first-order valence-corrected chi connectivity index (χ1v) is 10.4. The lowest BCUT2D eigenvalue weighted by atomic mass is 9.97. The van der Waals surface area contributed by atoms with Gasteiger partial charge < -0.3 is 15.5 Å². The maximum atomic E-state index is 4.40. The molecule has 1 saturated heterocycles. The first-order valence-electron chi connectivity index (χ1n) is 9.59. The highest BCUT2D eigenvalue weighted by molar-refractivity contribution is 9.10. The third-order valence-corrected chi connectivity index (χ3v) is 5.75. The zero-order valence-corrected chi connectivity index (χ0v) is 18.2. The van der Waals surface area contributed by atoms with Crippen LogP contribution in [0.2, 0.25) is 0 Å². The molecule has 0 spiro atoms. The highest BCUT2D eigenvalue weighted by Crippen LogP contribution is 2.16.